The molecule has 8 heteroatoms. The van der Waals surface area contributed by atoms with E-state index in [1.165, 1.54) is 7.11 Å². The molecule has 0 bridgehead atoms. The zero-order valence-electron chi connectivity index (χ0n) is 10.8. The fraction of sp³-hybridized carbons (Fsp3) is 0.417. The highest BCUT2D eigenvalue weighted by molar-refractivity contribution is 7.89. The van der Waals surface area contributed by atoms with Crippen LogP contribution in [-0.2, 0) is 24.3 Å². The second-order valence-electron chi connectivity index (χ2n) is 4.18. The smallest absolute Gasteiger partial charge is 0.326 e. The molecule has 0 N–H and O–H groups in total. The molecular formula is C12H14FNO5S. The Labute approximate surface area is 116 Å². The third-order valence-electron chi connectivity index (χ3n) is 2.97. The molecule has 1 atom stereocenters. The molecule has 1 aromatic carbocycles. The first-order chi connectivity index (χ1) is 9.46. The van der Waals surface area contributed by atoms with Gasteiger partial charge in [-0.1, -0.05) is 0 Å². The molecule has 0 spiro atoms. The second-order valence-corrected chi connectivity index (χ2v) is 6.07. The average Bonchev–Trinajstić information content (AvgIpc) is 2.47. The van der Waals surface area contributed by atoms with Crippen molar-refractivity contribution < 1.29 is 27.1 Å². The maximum atomic E-state index is 12.9. The Morgan fingerprint density at radius 1 is 1.40 bits per heavy atom. The minimum Gasteiger partial charge on any atom is -0.468 e. The number of carbonyl (C=O) groups excluding carboxylic acids is 1. The summed E-state index contributed by atoms with van der Waals surface area (Å²) >= 11 is 0. The number of hydrogen-bond donors (Lipinski definition) is 0. The van der Waals surface area contributed by atoms with Gasteiger partial charge in [-0.3, -0.25) is 4.79 Å². The predicted octanol–water partition coefficient (Wildman–Crippen LogP) is 0.388. The van der Waals surface area contributed by atoms with E-state index in [1.54, 1.807) is 0 Å². The number of esters is 1. The van der Waals surface area contributed by atoms with E-state index >= 15 is 0 Å². The lowest BCUT2D eigenvalue weighted by molar-refractivity contribution is -0.149. The molecule has 1 heterocycles. The van der Waals surface area contributed by atoms with Crippen LogP contribution < -0.4 is 0 Å². The molecule has 110 valence electrons. The lowest BCUT2D eigenvalue weighted by Gasteiger charge is -2.32. The SMILES string of the molecule is COC(=O)C1COCCN1S(=O)(=O)c1ccc(F)cc1. The fourth-order valence-corrected chi connectivity index (χ4v) is 3.49. The number of carbonyl (C=O) groups is 1. The lowest BCUT2D eigenvalue weighted by Crippen LogP contribution is -2.52. The molecule has 0 radical (unpaired) electrons. The van der Waals surface area contributed by atoms with Crippen LogP contribution in [0.2, 0.25) is 0 Å². The molecule has 1 aliphatic heterocycles. The van der Waals surface area contributed by atoms with Gasteiger partial charge >= 0.3 is 5.97 Å². The molecule has 0 aromatic heterocycles. The maximum Gasteiger partial charge on any atom is 0.326 e. The van der Waals surface area contributed by atoms with Crippen molar-refractivity contribution in [3.05, 3.63) is 30.1 Å². The highest BCUT2D eigenvalue weighted by Gasteiger charge is 2.38. The number of halogens is 1. The van der Waals surface area contributed by atoms with Gasteiger partial charge in [0.1, 0.15) is 11.9 Å². The predicted molar refractivity (Wildman–Crippen MR) is 66.9 cm³/mol. The minimum absolute atomic E-state index is 0.0411. The van der Waals surface area contributed by atoms with Crippen molar-refractivity contribution in [2.75, 3.05) is 26.9 Å². The summed E-state index contributed by atoms with van der Waals surface area (Å²) < 4.78 is 48.5. The summed E-state index contributed by atoms with van der Waals surface area (Å²) in [6.45, 7) is 0.167. The summed E-state index contributed by atoms with van der Waals surface area (Å²) in [5, 5.41) is 0. The van der Waals surface area contributed by atoms with Crippen LogP contribution in [0.4, 0.5) is 4.39 Å². The van der Waals surface area contributed by atoms with Crippen LogP contribution in [0.5, 0.6) is 0 Å². The van der Waals surface area contributed by atoms with Gasteiger partial charge in [-0.2, -0.15) is 4.31 Å². The van der Waals surface area contributed by atoms with Crippen LogP contribution >= 0.6 is 0 Å². The van der Waals surface area contributed by atoms with E-state index in [2.05, 4.69) is 4.74 Å². The van der Waals surface area contributed by atoms with Crippen molar-refractivity contribution in [2.45, 2.75) is 10.9 Å². The molecule has 0 amide bonds. The Morgan fingerprint density at radius 2 is 2.05 bits per heavy atom. The number of nitrogens with zero attached hydrogens (tertiary/aromatic N) is 1. The molecule has 1 unspecified atom stereocenters. The number of sulfonamides is 1. The molecule has 1 fully saturated rings. The Bertz CT molecular complexity index is 586. The molecule has 0 saturated carbocycles. The zero-order chi connectivity index (χ0) is 14.8. The van der Waals surface area contributed by atoms with Crippen molar-refractivity contribution in [3.8, 4) is 0 Å². The molecule has 2 rings (SSSR count). The maximum absolute atomic E-state index is 12.9. The summed E-state index contributed by atoms with van der Waals surface area (Å²) in [4.78, 5) is 11.6. The topological polar surface area (TPSA) is 72.9 Å². The van der Waals surface area contributed by atoms with Crippen LogP contribution in [0.1, 0.15) is 0 Å². The first-order valence-corrected chi connectivity index (χ1v) is 7.34. The van der Waals surface area contributed by atoms with Crippen molar-refractivity contribution in [1.82, 2.24) is 4.31 Å². The molecule has 6 nitrogen and oxygen atoms in total. The van der Waals surface area contributed by atoms with Gasteiger partial charge in [0, 0.05) is 6.54 Å². The fourth-order valence-electron chi connectivity index (χ4n) is 1.94. The van der Waals surface area contributed by atoms with E-state index in [1.807, 2.05) is 0 Å². The summed E-state index contributed by atoms with van der Waals surface area (Å²) in [7, 11) is -2.72. The zero-order valence-corrected chi connectivity index (χ0v) is 11.6. The van der Waals surface area contributed by atoms with Crippen molar-refractivity contribution >= 4 is 16.0 Å². The molecule has 1 aliphatic rings. The van der Waals surface area contributed by atoms with E-state index in [0.717, 1.165) is 28.6 Å². The van der Waals surface area contributed by atoms with Crippen LogP contribution in [0, 0.1) is 5.82 Å². The van der Waals surface area contributed by atoms with E-state index < -0.39 is 27.9 Å². The normalized spacial score (nSPS) is 20.6. The van der Waals surface area contributed by atoms with Crippen LogP contribution in [0.15, 0.2) is 29.2 Å². The summed E-state index contributed by atoms with van der Waals surface area (Å²) in [5.74, 6) is -1.22. The average molecular weight is 303 g/mol. The van der Waals surface area contributed by atoms with E-state index in [-0.39, 0.29) is 24.7 Å². The van der Waals surface area contributed by atoms with Gasteiger partial charge in [0.15, 0.2) is 0 Å². The number of benzene rings is 1. The summed E-state index contributed by atoms with van der Waals surface area (Å²) in [6.07, 6.45) is 0. The Hall–Kier alpha value is -1.51. The highest BCUT2D eigenvalue weighted by Crippen LogP contribution is 2.21. The Morgan fingerprint density at radius 3 is 2.65 bits per heavy atom. The standard InChI is InChI=1S/C12H14FNO5S/c1-18-12(15)11-8-19-7-6-14(11)20(16,17)10-4-2-9(13)3-5-10/h2-5,11H,6-8H2,1H3. The van der Waals surface area contributed by atoms with Gasteiger partial charge in [-0.25, -0.2) is 12.8 Å². The Kier molecular flexibility index (Phi) is 4.36. The third-order valence-corrected chi connectivity index (χ3v) is 4.90. The highest BCUT2D eigenvalue weighted by atomic mass is 32.2. The molecular weight excluding hydrogens is 289 g/mol. The summed E-state index contributed by atoms with van der Waals surface area (Å²) in [5.41, 5.74) is 0. The van der Waals surface area contributed by atoms with Gasteiger partial charge < -0.3 is 9.47 Å². The molecule has 1 aromatic rings. The molecule has 1 saturated heterocycles. The van der Waals surface area contributed by atoms with Gasteiger partial charge in [0.25, 0.3) is 0 Å². The lowest BCUT2D eigenvalue weighted by atomic mass is 10.3. The van der Waals surface area contributed by atoms with E-state index in [9.17, 15) is 17.6 Å². The summed E-state index contributed by atoms with van der Waals surface area (Å²) in [6, 6.07) is 3.41. The van der Waals surface area contributed by atoms with Gasteiger partial charge in [-0.15, -0.1) is 0 Å². The molecule has 20 heavy (non-hydrogen) atoms. The number of ether oxygens (including phenoxy) is 2. The van der Waals surface area contributed by atoms with Crippen molar-refractivity contribution in [2.24, 2.45) is 0 Å². The van der Waals surface area contributed by atoms with Crippen molar-refractivity contribution in [3.63, 3.8) is 0 Å². The number of morpholine rings is 1. The van der Waals surface area contributed by atoms with Gasteiger partial charge in [0.2, 0.25) is 10.0 Å². The largest absolute Gasteiger partial charge is 0.468 e. The van der Waals surface area contributed by atoms with Crippen molar-refractivity contribution in [1.29, 1.82) is 0 Å². The quantitative estimate of drug-likeness (QED) is 0.755. The number of methoxy groups -OCH3 is 1. The second kappa shape index (κ2) is 5.86. The molecule has 0 aliphatic carbocycles. The minimum atomic E-state index is -3.90. The van der Waals surface area contributed by atoms with Crippen LogP contribution in [0.25, 0.3) is 0 Å². The van der Waals surface area contributed by atoms with Crippen LogP contribution in [-0.4, -0.2) is 51.6 Å². The van der Waals surface area contributed by atoms with Gasteiger partial charge in [0.05, 0.1) is 25.2 Å². The van der Waals surface area contributed by atoms with E-state index in [0.29, 0.717) is 0 Å². The number of rotatable bonds is 3. The Balaban J connectivity index is 2.35. The monoisotopic (exact) mass is 303 g/mol. The first kappa shape index (κ1) is 14.9. The first-order valence-electron chi connectivity index (χ1n) is 5.90. The van der Waals surface area contributed by atoms with E-state index in [4.69, 9.17) is 4.74 Å². The van der Waals surface area contributed by atoms with Gasteiger partial charge in [-0.05, 0) is 24.3 Å². The van der Waals surface area contributed by atoms with Crippen LogP contribution in [0.3, 0.4) is 0 Å². The third kappa shape index (κ3) is 2.82. The number of hydrogen-bond acceptors (Lipinski definition) is 5.